The molecular weight excluding hydrogens is 307 g/mol. The first-order chi connectivity index (χ1) is 10.7. The van der Waals surface area contributed by atoms with Crippen molar-refractivity contribution in [3.05, 3.63) is 23.3 Å². The fraction of sp³-hybridized carbons (Fsp3) is 0.706. The lowest BCUT2D eigenvalue weighted by Crippen LogP contribution is -2.39. The van der Waals surface area contributed by atoms with Gasteiger partial charge in [0.25, 0.3) is 0 Å². The number of rotatable bonds is 8. The number of ether oxygens (including phenoxy) is 1. The predicted octanol–water partition coefficient (Wildman–Crippen LogP) is 4.11. The minimum Gasteiger partial charge on any atom is -0.362 e. The number of hydrogen-bond acceptors (Lipinski definition) is 2. The number of carbonyl (C=O) groups is 1. The molecule has 0 spiro atoms. The maximum Gasteiger partial charge on any atom is 0.411 e. The summed E-state index contributed by atoms with van der Waals surface area (Å²) in [7, 11) is 0. The Kier molecular flexibility index (Phi) is 7.82. The first kappa shape index (κ1) is 19.7. The van der Waals surface area contributed by atoms with Crippen LogP contribution in [-0.4, -0.2) is 43.3 Å². The van der Waals surface area contributed by atoms with Crippen LogP contribution in [0.2, 0.25) is 0 Å². The summed E-state index contributed by atoms with van der Waals surface area (Å²) in [4.78, 5) is 13.9. The molecule has 1 aliphatic rings. The van der Waals surface area contributed by atoms with Gasteiger partial charge in [-0.1, -0.05) is 38.0 Å². The zero-order chi connectivity index (χ0) is 17.5. The quantitative estimate of drug-likeness (QED) is 0.669. The third kappa shape index (κ3) is 7.68. The highest BCUT2D eigenvalue weighted by Crippen LogP contribution is 2.20. The van der Waals surface area contributed by atoms with Crippen LogP contribution in [0.25, 0.3) is 0 Å². The maximum atomic E-state index is 12.2. The van der Waals surface area contributed by atoms with Gasteiger partial charge in [-0.05, 0) is 31.3 Å². The highest BCUT2D eigenvalue weighted by molar-refractivity contribution is 5.78. The van der Waals surface area contributed by atoms with Gasteiger partial charge in [-0.25, -0.2) is 0 Å². The van der Waals surface area contributed by atoms with Crippen LogP contribution in [0.3, 0.4) is 0 Å². The van der Waals surface area contributed by atoms with Crippen LogP contribution in [0.1, 0.15) is 40.0 Å². The van der Waals surface area contributed by atoms with E-state index in [0.29, 0.717) is 13.1 Å². The predicted molar refractivity (Wildman–Crippen MR) is 84.0 cm³/mol. The van der Waals surface area contributed by atoms with Crippen molar-refractivity contribution in [2.45, 2.75) is 46.2 Å². The number of nitrogens with zero attached hydrogens (tertiary/aromatic N) is 1. The largest absolute Gasteiger partial charge is 0.411 e. The van der Waals surface area contributed by atoms with E-state index in [-0.39, 0.29) is 5.92 Å². The zero-order valence-electron chi connectivity index (χ0n) is 14.1. The molecule has 0 unspecified atom stereocenters. The molecule has 0 aromatic rings. The minimum absolute atomic E-state index is 0.287. The molecule has 6 heteroatoms. The van der Waals surface area contributed by atoms with Gasteiger partial charge >= 0.3 is 6.18 Å². The lowest BCUT2D eigenvalue weighted by molar-refractivity contribution is -0.177. The maximum absolute atomic E-state index is 12.2. The van der Waals surface area contributed by atoms with E-state index < -0.39 is 25.3 Å². The molecule has 0 aliphatic heterocycles. The van der Waals surface area contributed by atoms with E-state index in [1.54, 1.807) is 4.90 Å². The molecule has 23 heavy (non-hydrogen) atoms. The van der Waals surface area contributed by atoms with Crippen LogP contribution in [0.5, 0.6) is 0 Å². The Labute approximate surface area is 136 Å². The van der Waals surface area contributed by atoms with Crippen molar-refractivity contribution in [1.82, 2.24) is 4.90 Å². The second-order valence-electron chi connectivity index (χ2n) is 6.09. The summed E-state index contributed by atoms with van der Waals surface area (Å²) in [6.07, 6.45) is 2.64. The molecule has 0 fully saturated rings. The van der Waals surface area contributed by atoms with Crippen LogP contribution in [-0.2, 0) is 9.53 Å². The molecular formula is C17H26F3NO2. The summed E-state index contributed by atoms with van der Waals surface area (Å²) in [5.41, 5.74) is 2.21. The number of alkyl halides is 3. The fourth-order valence-electron chi connectivity index (χ4n) is 2.35. The van der Waals surface area contributed by atoms with Crippen molar-refractivity contribution in [2.24, 2.45) is 5.92 Å². The van der Waals surface area contributed by atoms with Crippen molar-refractivity contribution >= 4 is 5.91 Å². The second-order valence-corrected chi connectivity index (χ2v) is 6.09. The average Bonchev–Trinajstić information content (AvgIpc) is 2.47. The number of carbonyl (C=O) groups excluding carboxylic acids is 1. The molecule has 0 aromatic heterocycles. The Hall–Kier alpha value is -1.30. The SMILES string of the molecule is CC[C@@H](C)CN(CC1=CCCC=C1C)C(=O)COCC(F)(F)F. The van der Waals surface area contributed by atoms with E-state index in [4.69, 9.17) is 0 Å². The first-order valence-corrected chi connectivity index (χ1v) is 8.01. The molecule has 0 saturated carbocycles. The molecule has 1 aliphatic carbocycles. The average molecular weight is 333 g/mol. The van der Waals surface area contributed by atoms with Crippen molar-refractivity contribution in [1.29, 1.82) is 0 Å². The van der Waals surface area contributed by atoms with Crippen molar-refractivity contribution in [3.8, 4) is 0 Å². The Morgan fingerprint density at radius 1 is 1.35 bits per heavy atom. The number of allylic oxidation sites excluding steroid dienone is 2. The van der Waals surface area contributed by atoms with E-state index >= 15 is 0 Å². The Bertz CT molecular complexity index is 455. The van der Waals surface area contributed by atoms with Crippen LogP contribution < -0.4 is 0 Å². The van der Waals surface area contributed by atoms with Crippen LogP contribution in [0.15, 0.2) is 23.3 Å². The Balaban J connectivity index is 2.66. The van der Waals surface area contributed by atoms with Gasteiger partial charge in [-0.15, -0.1) is 0 Å². The first-order valence-electron chi connectivity index (χ1n) is 8.01. The van der Waals surface area contributed by atoms with Crippen LogP contribution in [0.4, 0.5) is 13.2 Å². The number of amides is 1. The van der Waals surface area contributed by atoms with E-state index in [1.165, 1.54) is 0 Å². The zero-order valence-corrected chi connectivity index (χ0v) is 14.1. The summed E-state index contributed by atoms with van der Waals surface area (Å²) in [5, 5.41) is 0. The minimum atomic E-state index is -4.41. The molecule has 0 heterocycles. The van der Waals surface area contributed by atoms with Gasteiger partial charge in [-0.2, -0.15) is 13.2 Å². The van der Waals surface area contributed by atoms with Gasteiger partial charge in [0.15, 0.2) is 0 Å². The van der Waals surface area contributed by atoms with Gasteiger partial charge in [0, 0.05) is 13.1 Å². The van der Waals surface area contributed by atoms with Gasteiger partial charge in [0.05, 0.1) is 0 Å². The lowest BCUT2D eigenvalue weighted by atomic mass is 9.98. The van der Waals surface area contributed by atoms with Crippen LogP contribution in [0, 0.1) is 5.92 Å². The third-order valence-electron chi connectivity index (χ3n) is 3.95. The monoisotopic (exact) mass is 333 g/mol. The molecule has 0 bridgehead atoms. The van der Waals surface area contributed by atoms with Crippen molar-refractivity contribution in [2.75, 3.05) is 26.3 Å². The summed E-state index contributed by atoms with van der Waals surface area (Å²) < 4.78 is 40.9. The van der Waals surface area contributed by atoms with E-state index in [0.717, 1.165) is 30.4 Å². The highest BCUT2D eigenvalue weighted by atomic mass is 19.4. The normalized spacial score (nSPS) is 16.6. The van der Waals surface area contributed by atoms with Crippen molar-refractivity contribution < 1.29 is 22.7 Å². The molecule has 0 aromatic carbocycles. The molecule has 1 atom stereocenters. The lowest BCUT2D eigenvalue weighted by Gasteiger charge is -2.28. The summed E-state index contributed by atoms with van der Waals surface area (Å²) in [5.74, 6) is -0.108. The molecule has 1 amide bonds. The standard InChI is InChI=1S/C17H26F3NO2/c1-4-13(2)9-21(10-15-8-6-5-7-14(15)3)16(22)11-23-12-17(18,19)20/h7-8,13H,4-6,9-12H2,1-3H3/t13-/m1/s1. The molecule has 0 radical (unpaired) electrons. The Morgan fingerprint density at radius 2 is 2.00 bits per heavy atom. The summed E-state index contributed by atoms with van der Waals surface area (Å²) >= 11 is 0. The highest BCUT2D eigenvalue weighted by Gasteiger charge is 2.28. The molecule has 0 saturated heterocycles. The van der Waals surface area contributed by atoms with Crippen LogP contribution >= 0.6 is 0 Å². The van der Waals surface area contributed by atoms with E-state index in [9.17, 15) is 18.0 Å². The Morgan fingerprint density at radius 3 is 2.57 bits per heavy atom. The topological polar surface area (TPSA) is 29.5 Å². The van der Waals surface area contributed by atoms with E-state index in [2.05, 4.69) is 16.9 Å². The van der Waals surface area contributed by atoms with Gasteiger partial charge in [-0.3, -0.25) is 4.79 Å². The fourth-order valence-corrected chi connectivity index (χ4v) is 2.35. The number of halogens is 3. The van der Waals surface area contributed by atoms with E-state index in [1.807, 2.05) is 20.8 Å². The summed E-state index contributed by atoms with van der Waals surface area (Å²) in [6, 6.07) is 0. The molecule has 132 valence electrons. The number of hydrogen-bond donors (Lipinski definition) is 0. The van der Waals surface area contributed by atoms with Gasteiger partial charge in [0.1, 0.15) is 13.2 Å². The summed E-state index contributed by atoms with van der Waals surface area (Å²) in [6.45, 7) is 5.07. The third-order valence-corrected chi connectivity index (χ3v) is 3.95. The van der Waals surface area contributed by atoms with Gasteiger partial charge in [0.2, 0.25) is 5.91 Å². The van der Waals surface area contributed by atoms with Crippen molar-refractivity contribution in [3.63, 3.8) is 0 Å². The van der Waals surface area contributed by atoms with Gasteiger partial charge < -0.3 is 9.64 Å². The smallest absolute Gasteiger partial charge is 0.362 e. The molecule has 1 rings (SSSR count). The second kappa shape index (κ2) is 9.11. The molecule has 0 N–H and O–H groups in total. The molecule has 3 nitrogen and oxygen atoms in total.